The summed E-state index contributed by atoms with van der Waals surface area (Å²) < 4.78 is 0. The van der Waals surface area contributed by atoms with Gasteiger partial charge in [0.15, 0.2) is 0 Å². The zero-order valence-corrected chi connectivity index (χ0v) is 11.7. The summed E-state index contributed by atoms with van der Waals surface area (Å²) in [5.41, 5.74) is 0.475. The molecule has 0 unspecified atom stereocenters. The highest BCUT2D eigenvalue weighted by Gasteiger charge is 2.18. The molecule has 0 saturated carbocycles. The summed E-state index contributed by atoms with van der Waals surface area (Å²) in [6.45, 7) is 1.71. The fraction of sp³-hybridized carbons (Fsp3) is 0.0714. The number of carbonyl (C=O) groups excluding carboxylic acids is 1. The molecule has 0 radical (unpaired) electrons. The van der Waals surface area contributed by atoms with Crippen LogP contribution in [0.4, 0.5) is 11.4 Å². The summed E-state index contributed by atoms with van der Waals surface area (Å²) in [6, 6.07) is 8.43. The first-order valence-corrected chi connectivity index (χ1v) is 6.31. The summed E-state index contributed by atoms with van der Waals surface area (Å²) in [7, 11) is 0. The van der Waals surface area contributed by atoms with Crippen LogP contribution < -0.4 is 5.32 Å². The number of halogens is 1. The van der Waals surface area contributed by atoms with Crippen molar-refractivity contribution >= 4 is 28.9 Å². The molecule has 0 aliphatic rings. The number of rotatable bonds is 3. The molecule has 2 aromatic rings. The minimum absolute atomic E-state index is 0.0509. The second kappa shape index (κ2) is 5.80. The first kappa shape index (κ1) is 14.8. The highest BCUT2D eigenvalue weighted by atomic mass is 35.5. The summed E-state index contributed by atoms with van der Waals surface area (Å²) in [4.78, 5) is 22.5. The van der Waals surface area contributed by atoms with Gasteiger partial charge in [0.2, 0.25) is 0 Å². The molecule has 0 aromatic heterocycles. The van der Waals surface area contributed by atoms with E-state index < -0.39 is 10.8 Å². The van der Waals surface area contributed by atoms with E-state index in [0.29, 0.717) is 5.56 Å². The number of nitro benzene ring substituents is 1. The van der Waals surface area contributed by atoms with Gasteiger partial charge in [-0.3, -0.25) is 14.9 Å². The minimum atomic E-state index is -0.679. The summed E-state index contributed by atoms with van der Waals surface area (Å²) in [5.74, 6) is -0.936. The highest BCUT2D eigenvalue weighted by Crippen LogP contribution is 2.27. The molecule has 0 bridgehead atoms. The number of nitrogens with zero attached hydrogens (tertiary/aromatic N) is 1. The molecule has 0 spiro atoms. The van der Waals surface area contributed by atoms with Crippen LogP contribution in [0, 0.1) is 17.0 Å². The number of hydrogen-bond donors (Lipinski definition) is 2. The second-order valence-electron chi connectivity index (χ2n) is 4.39. The van der Waals surface area contributed by atoms with Gasteiger partial charge in [0.1, 0.15) is 11.4 Å². The van der Waals surface area contributed by atoms with Crippen LogP contribution in [0.25, 0.3) is 0 Å². The third-order valence-corrected chi connectivity index (χ3v) is 3.04. The number of nitro groups is 1. The Balaban J connectivity index is 2.36. The van der Waals surface area contributed by atoms with Gasteiger partial charge < -0.3 is 10.4 Å². The van der Waals surface area contributed by atoms with Crippen molar-refractivity contribution in [3.63, 3.8) is 0 Å². The predicted molar refractivity (Wildman–Crippen MR) is 78.9 cm³/mol. The maximum atomic E-state index is 12.1. The summed E-state index contributed by atoms with van der Waals surface area (Å²) in [6.07, 6.45) is 0. The molecule has 2 aromatic carbocycles. The summed E-state index contributed by atoms with van der Waals surface area (Å²) >= 11 is 5.77. The lowest BCUT2D eigenvalue weighted by Gasteiger charge is -2.08. The maximum absolute atomic E-state index is 12.1. The molecule has 0 atom stereocenters. The number of hydrogen-bond acceptors (Lipinski definition) is 4. The zero-order valence-electron chi connectivity index (χ0n) is 11.0. The second-order valence-corrected chi connectivity index (χ2v) is 4.83. The van der Waals surface area contributed by atoms with Crippen molar-refractivity contribution in [1.82, 2.24) is 0 Å². The van der Waals surface area contributed by atoms with Crippen LogP contribution in [0.2, 0.25) is 5.02 Å². The Kier molecular flexibility index (Phi) is 4.09. The Morgan fingerprint density at radius 3 is 2.67 bits per heavy atom. The van der Waals surface area contributed by atoms with Crippen molar-refractivity contribution < 1.29 is 14.8 Å². The average molecular weight is 307 g/mol. The smallest absolute Gasteiger partial charge is 0.293 e. The molecular formula is C14H11ClN2O4. The molecular weight excluding hydrogens is 296 g/mol. The van der Waals surface area contributed by atoms with E-state index in [1.165, 1.54) is 30.3 Å². The molecule has 2 N–H and O–H groups in total. The van der Waals surface area contributed by atoms with Crippen molar-refractivity contribution in [2.45, 2.75) is 6.92 Å². The maximum Gasteiger partial charge on any atom is 0.293 e. The fourth-order valence-corrected chi connectivity index (χ4v) is 1.95. The fourth-order valence-electron chi connectivity index (χ4n) is 1.78. The number of amides is 1. The van der Waals surface area contributed by atoms with Gasteiger partial charge in [0, 0.05) is 11.1 Å². The van der Waals surface area contributed by atoms with Crippen LogP contribution in [-0.2, 0) is 0 Å². The topological polar surface area (TPSA) is 92.5 Å². The van der Waals surface area contributed by atoms with E-state index in [9.17, 15) is 20.0 Å². The van der Waals surface area contributed by atoms with Gasteiger partial charge in [-0.2, -0.15) is 0 Å². The van der Waals surface area contributed by atoms with Gasteiger partial charge in [-0.25, -0.2) is 0 Å². The molecule has 0 saturated heterocycles. The monoisotopic (exact) mass is 306 g/mol. The van der Waals surface area contributed by atoms with Gasteiger partial charge in [-0.1, -0.05) is 17.7 Å². The van der Waals surface area contributed by atoms with Gasteiger partial charge in [0.05, 0.1) is 10.5 Å². The van der Waals surface area contributed by atoms with Crippen LogP contribution in [0.5, 0.6) is 5.75 Å². The van der Waals surface area contributed by atoms with E-state index in [2.05, 4.69) is 5.32 Å². The van der Waals surface area contributed by atoms with Gasteiger partial charge in [-0.15, -0.1) is 0 Å². The van der Waals surface area contributed by atoms with E-state index in [4.69, 9.17) is 11.6 Å². The molecule has 21 heavy (non-hydrogen) atoms. The van der Waals surface area contributed by atoms with Crippen LogP contribution in [0.1, 0.15) is 15.9 Å². The Hall–Kier alpha value is -2.60. The number of carbonyl (C=O) groups is 1. The Morgan fingerprint density at radius 1 is 1.29 bits per heavy atom. The van der Waals surface area contributed by atoms with E-state index in [1.807, 2.05) is 0 Å². The average Bonchev–Trinajstić information content (AvgIpc) is 2.43. The molecule has 0 aliphatic carbocycles. The quantitative estimate of drug-likeness (QED) is 0.670. The van der Waals surface area contributed by atoms with Crippen molar-refractivity contribution in [2.24, 2.45) is 0 Å². The Bertz CT molecular complexity index is 731. The number of phenolic OH excluding ortho intramolecular Hbond substituents is 1. The molecule has 1 amide bonds. The molecule has 0 fully saturated rings. The predicted octanol–water partition coefficient (Wildman–Crippen LogP) is 3.51. The highest BCUT2D eigenvalue weighted by molar-refractivity contribution is 6.31. The Morgan fingerprint density at radius 2 is 2.00 bits per heavy atom. The molecule has 2 rings (SSSR count). The van der Waals surface area contributed by atoms with Crippen molar-refractivity contribution in [1.29, 1.82) is 0 Å². The first-order chi connectivity index (χ1) is 9.88. The Labute approximate surface area is 125 Å². The van der Waals surface area contributed by atoms with Gasteiger partial charge in [0.25, 0.3) is 11.6 Å². The molecule has 0 aliphatic heterocycles. The lowest BCUT2D eigenvalue weighted by molar-refractivity contribution is -0.384. The largest absolute Gasteiger partial charge is 0.507 e. The number of nitrogens with one attached hydrogen (secondary N) is 1. The van der Waals surface area contributed by atoms with Crippen LogP contribution >= 0.6 is 11.6 Å². The zero-order chi connectivity index (χ0) is 15.6. The van der Waals surface area contributed by atoms with E-state index >= 15 is 0 Å². The van der Waals surface area contributed by atoms with E-state index in [1.54, 1.807) is 13.0 Å². The lowest BCUT2D eigenvalue weighted by Crippen LogP contribution is -2.13. The lowest BCUT2D eigenvalue weighted by atomic mass is 10.1. The molecule has 7 heteroatoms. The third-order valence-electron chi connectivity index (χ3n) is 2.80. The normalized spacial score (nSPS) is 10.2. The van der Waals surface area contributed by atoms with E-state index in [0.717, 1.165) is 0 Å². The van der Waals surface area contributed by atoms with Gasteiger partial charge >= 0.3 is 0 Å². The van der Waals surface area contributed by atoms with Crippen molar-refractivity contribution in [2.75, 3.05) is 5.32 Å². The van der Waals surface area contributed by atoms with Crippen molar-refractivity contribution in [3.05, 3.63) is 62.7 Å². The van der Waals surface area contributed by atoms with Crippen molar-refractivity contribution in [3.8, 4) is 5.75 Å². The number of aryl methyl sites for hydroxylation is 1. The number of phenols is 1. The van der Waals surface area contributed by atoms with E-state index in [-0.39, 0.29) is 27.7 Å². The number of benzene rings is 2. The van der Waals surface area contributed by atoms with Crippen LogP contribution in [-0.4, -0.2) is 15.9 Å². The first-order valence-electron chi connectivity index (χ1n) is 5.93. The molecule has 6 nitrogen and oxygen atoms in total. The molecule has 108 valence electrons. The van der Waals surface area contributed by atoms with Crippen LogP contribution in [0.3, 0.4) is 0 Å². The SMILES string of the molecule is Cc1ccc(NC(=O)c2cc(Cl)ccc2O)c([N+](=O)[O-])c1. The standard InChI is InChI=1S/C14H11ClN2O4/c1-8-2-4-11(12(6-8)17(20)21)16-14(19)10-7-9(15)3-5-13(10)18/h2-7,18H,1H3,(H,16,19). The van der Waals surface area contributed by atoms with Gasteiger partial charge in [-0.05, 0) is 36.8 Å². The number of anilines is 1. The molecule has 0 heterocycles. The number of aromatic hydroxyl groups is 1. The summed E-state index contributed by atoms with van der Waals surface area (Å²) in [5, 5.41) is 23.3. The third kappa shape index (κ3) is 3.29. The minimum Gasteiger partial charge on any atom is -0.507 e. The van der Waals surface area contributed by atoms with Crippen LogP contribution in [0.15, 0.2) is 36.4 Å².